The molecule has 2 aromatic rings. The lowest BCUT2D eigenvalue weighted by molar-refractivity contribution is -0.140. The van der Waals surface area contributed by atoms with Gasteiger partial charge in [-0.1, -0.05) is 0 Å². The highest BCUT2D eigenvalue weighted by molar-refractivity contribution is 6.03. The van der Waals surface area contributed by atoms with Gasteiger partial charge in [-0.05, 0) is 36.4 Å². The SMILES string of the molecule is O=C(Nc1ccc(C(=O)N2CCNCC2)cc1)c1ccc(C(F)(F)F)[nH]1. The number of nitrogens with one attached hydrogen (secondary N) is 3. The number of hydrogen-bond acceptors (Lipinski definition) is 3. The predicted octanol–water partition coefficient (Wildman–Crippen LogP) is 2.33. The highest BCUT2D eigenvalue weighted by Gasteiger charge is 2.32. The van der Waals surface area contributed by atoms with Crippen molar-refractivity contribution in [2.45, 2.75) is 6.18 Å². The quantitative estimate of drug-likeness (QED) is 0.780. The van der Waals surface area contributed by atoms with Crippen LogP contribution in [-0.2, 0) is 6.18 Å². The summed E-state index contributed by atoms with van der Waals surface area (Å²) >= 11 is 0. The number of rotatable bonds is 3. The number of piperazine rings is 1. The Labute approximate surface area is 147 Å². The molecule has 2 amide bonds. The van der Waals surface area contributed by atoms with Crippen LogP contribution in [0.15, 0.2) is 36.4 Å². The van der Waals surface area contributed by atoms with Gasteiger partial charge in [0.05, 0.1) is 0 Å². The average molecular weight is 366 g/mol. The molecule has 0 radical (unpaired) electrons. The second-order valence-electron chi connectivity index (χ2n) is 5.86. The summed E-state index contributed by atoms with van der Waals surface area (Å²) in [6.45, 7) is 2.75. The number of carbonyl (C=O) groups is 2. The molecule has 1 fully saturated rings. The van der Waals surface area contributed by atoms with Crippen LogP contribution in [0, 0.1) is 0 Å². The maximum Gasteiger partial charge on any atom is 0.431 e. The first-order valence-electron chi connectivity index (χ1n) is 8.02. The smallest absolute Gasteiger partial charge is 0.347 e. The molecule has 0 spiro atoms. The summed E-state index contributed by atoms with van der Waals surface area (Å²) < 4.78 is 37.7. The molecule has 1 saturated heterocycles. The third-order valence-corrected chi connectivity index (χ3v) is 4.03. The van der Waals surface area contributed by atoms with Crippen LogP contribution in [0.25, 0.3) is 0 Å². The number of hydrogen-bond donors (Lipinski definition) is 3. The lowest BCUT2D eigenvalue weighted by atomic mass is 10.1. The summed E-state index contributed by atoms with van der Waals surface area (Å²) in [6, 6.07) is 8.12. The lowest BCUT2D eigenvalue weighted by Gasteiger charge is -2.27. The number of benzene rings is 1. The fourth-order valence-corrected chi connectivity index (χ4v) is 2.64. The van der Waals surface area contributed by atoms with E-state index in [2.05, 4.69) is 10.6 Å². The maximum absolute atomic E-state index is 12.6. The molecule has 0 saturated carbocycles. The molecule has 0 bridgehead atoms. The topological polar surface area (TPSA) is 77.2 Å². The fourth-order valence-electron chi connectivity index (χ4n) is 2.64. The van der Waals surface area contributed by atoms with Gasteiger partial charge in [-0.3, -0.25) is 9.59 Å². The van der Waals surface area contributed by atoms with E-state index in [1.54, 1.807) is 29.2 Å². The number of aromatic amines is 1. The minimum Gasteiger partial charge on any atom is -0.347 e. The largest absolute Gasteiger partial charge is 0.431 e. The van der Waals surface area contributed by atoms with Crippen molar-refractivity contribution in [1.82, 2.24) is 15.2 Å². The Hall–Kier alpha value is -2.81. The lowest BCUT2D eigenvalue weighted by Crippen LogP contribution is -2.46. The van der Waals surface area contributed by atoms with E-state index in [1.807, 2.05) is 4.98 Å². The first kappa shape index (κ1) is 18.0. The van der Waals surface area contributed by atoms with Crippen molar-refractivity contribution in [2.75, 3.05) is 31.5 Å². The van der Waals surface area contributed by atoms with E-state index in [-0.39, 0.29) is 11.6 Å². The molecule has 0 atom stereocenters. The molecule has 0 aliphatic carbocycles. The standard InChI is InChI=1S/C17H17F3N4O2/c18-17(19,20)14-6-5-13(23-14)15(25)22-12-3-1-11(2-4-12)16(26)24-9-7-21-8-10-24/h1-6,21,23H,7-10H2,(H,22,25). The molecule has 9 heteroatoms. The number of H-pyrrole nitrogens is 1. The first-order chi connectivity index (χ1) is 12.3. The second-order valence-corrected chi connectivity index (χ2v) is 5.86. The van der Waals surface area contributed by atoms with Crippen molar-refractivity contribution in [3.8, 4) is 0 Å². The maximum atomic E-state index is 12.6. The van der Waals surface area contributed by atoms with Gasteiger partial charge in [0.2, 0.25) is 0 Å². The van der Waals surface area contributed by atoms with E-state index in [0.717, 1.165) is 25.2 Å². The highest BCUT2D eigenvalue weighted by atomic mass is 19.4. The van der Waals surface area contributed by atoms with Crippen molar-refractivity contribution in [3.05, 3.63) is 53.3 Å². The molecule has 3 N–H and O–H groups in total. The average Bonchev–Trinajstić information content (AvgIpc) is 3.13. The predicted molar refractivity (Wildman–Crippen MR) is 89.0 cm³/mol. The van der Waals surface area contributed by atoms with Crippen LogP contribution in [0.5, 0.6) is 0 Å². The van der Waals surface area contributed by atoms with Gasteiger partial charge in [0, 0.05) is 37.4 Å². The highest BCUT2D eigenvalue weighted by Crippen LogP contribution is 2.28. The van der Waals surface area contributed by atoms with Crippen LogP contribution in [-0.4, -0.2) is 47.9 Å². The zero-order valence-corrected chi connectivity index (χ0v) is 13.7. The normalized spacial score (nSPS) is 15.0. The van der Waals surface area contributed by atoms with Crippen molar-refractivity contribution in [1.29, 1.82) is 0 Å². The van der Waals surface area contributed by atoms with Gasteiger partial charge < -0.3 is 20.5 Å². The Morgan fingerprint density at radius 3 is 2.23 bits per heavy atom. The molecule has 3 rings (SSSR count). The molecule has 138 valence electrons. The first-order valence-corrected chi connectivity index (χ1v) is 8.02. The summed E-state index contributed by atoms with van der Waals surface area (Å²) in [5.74, 6) is -0.787. The Morgan fingerprint density at radius 2 is 1.65 bits per heavy atom. The molecule has 0 unspecified atom stereocenters. The van der Waals surface area contributed by atoms with Gasteiger partial charge in [-0.15, -0.1) is 0 Å². The number of aromatic nitrogens is 1. The monoisotopic (exact) mass is 366 g/mol. The van der Waals surface area contributed by atoms with Gasteiger partial charge in [0.15, 0.2) is 0 Å². The molecule has 26 heavy (non-hydrogen) atoms. The van der Waals surface area contributed by atoms with E-state index in [0.29, 0.717) is 24.3 Å². The number of nitrogens with zero attached hydrogens (tertiary/aromatic N) is 1. The van der Waals surface area contributed by atoms with Gasteiger partial charge in [-0.25, -0.2) is 0 Å². The molecule has 6 nitrogen and oxygen atoms in total. The molecule has 1 aliphatic heterocycles. The van der Waals surface area contributed by atoms with E-state index in [4.69, 9.17) is 0 Å². The Balaban J connectivity index is 1.64. The molecular weight excluding hydrogens is 349 g/mol. The van der Waals surface area contributed by atoms with Crippen molar-refractivity contribution >= 4 is 17.5 Å². The minimum absolute atomic E-state index is 0.0939. The van der Waals surface area contributed by atoms with Crippen molar-refractivity contribution < 1.29 is 22.8 Å². The molecule has 1 aromatic heterocycles. The van der Waals surface area contributed by atoms with Crippen LogP contribution in [0.3, 0.4) is 0 Å². The molecule has 1 aliphatic rings. The van der Waals surface area contributed by atoms with E-state index < -0.39 is 17.8 Å². The summed E-state index contributed by atoms with van der Waals surface area (Å²) in [7, 11) is 0. The zero-order valence-electron chi connectivity index (χ0n) is 13.7. The summed E-state index contributed by atoms with van der Waals surface area (Å²) in [4.78, 5) is 28.2. The minimum atomic E-state index is -4.54. The summed E-state index contributed by atoms with van der Waals surface area (Å²) in [6.07, 6.45) is -4.54. The number of alkyl halides is 3. The third kappa shape index (κ3) is 4.05. The van der Waals surface area contributed by atoms with Crippen LogP contribution < -0.4 is 10.6 Å². The molecule has 1 aromatic carbocycles. The van der Waals surface area contributed by atoms with Crippen molar-refractivity contribution in [2.24, 2.45) is 0 Å². The molecule has 2 heterocycles. The van der Waals surface area contributed by atoms with Crippen LogP contribution >= 0.6 is 0 Å². The second kappa shape index (κ2) is 7.20. The number of carbonyl (C=O) groups excluding carboxylic acids is 2. The fraction of sp³-hybridized carbons (Fsp3) is 0.294. The number of amides is 2. The van der Waals surface area contributed by atoms with Crippen LogP contribution in [0.4, 0.5) is 18.9 Å². The number of anilines is 1. The van der Waals surface area contributed by atoms with Gasteiger partial charge in [0.1, 0.15) is 11.4 Å². The molecular formula is C17H17F3N4O2. The van der Waals surface area contributed by atoms with E-state index in [1.165, 1.54) is 0 Å². The third-order valence-electron chi connectivity index (χ3n) is 4.03. The van der Waals surface area contributed by atoms with E-state index in [9.17, 15) is 22.8 Å². The zero-order chi connectivity index (χ0) is 18.7. The summed E-state index contributed by atoms with van der Waals surface area (Å²) in [5.41, 5.74) is -0.308. The van der Waals surface area contributed by atoms with Gasteiger partial charge in [-0.2, -0.15) is 13.2 Å². The Kier molecular flexibility index (Phi) is 4.99. The van der Waals surface area contributed by atoms with E-state index >= 15 is 0 Å². The van der Waals surface area contributed by atoms with Gasteiger partial charge in [0.25, 0.3) is 11.8 Å². The van der Waals surface area contributed by atoms with Crippen molar-refractivity contribution in [3.63, 3.8) is 0 Å². The summed E-state index contributed by atoms with van der Waals surface area (Å²) in [5, 5.41) is 5.66. The van der Waals surface area contributed by atoms with Crippen LogP contribution in [0.2, 0.25) is 0 Å². The van der Waals surface area contributed by atoms with Crippen LogP contribution in [0.1, 0.15) is 26.5 Å². The number of halogens is 3. The van der Waals surface area contributed by atoms with Gasteiger partial charge >= 0.3 is 6.18 Å². The Bertz CT molecular complexity index is 793. The Morgan fingerprint density at radius 1 is 1.00 bits per heavy atom.